The molecule has 1 unspecified atom stereocenters. The number of aliphatic carboxylic acids is 1. The maximum atomic E-state index is 10.9. The maximum absolute atomic E-state index is 10.9. The summed E-state index contributed by atoms with van der Waals surface area (Å²) >= 11 is 12.1. The van der Waals surface area contributed by atoms with E-state index in [1.165, 1.54) is 0 Å². The Morgan fingerprint density at radius 3 is 2.72 bits per heavy atom. The summed E-state index contributed by atoms with van der Waals surface area (Å²) in [7, 11) is 1.87. The monoisotopic (exact) mass is 382 g/mol. The second-order valence-corrected chi connectivity index (χ2v) is 7.18. The van der Waals surface area contributed by atoms with Gasteiger partial charge in [-0.05, 0) is 38.4 Å². The molecular weight excluding hydrogens is 363 g/mol. The highest BCUT2D eigenvalue weighted by atomic mass is 35.5. The lowest BCUT2D eigenvalue weighted by Crippen LogP contribution is -2.36. The van der Waals surface area contributed by atoms with Crippen molar-refractivity contribution >= 4 is 46.0 Å². The topological polar surface area (TPSA) is 69.6 Å². The van der Waals surface area contributed by atoms with Gasteiger partial charge in [-0.15, -0.1) is 0 Å². The number of anilines is 1. The van der Waals surface area contributed by atoms with Crippen LogP contribution in [-0.4, -0.2) is 58.7 Å². The highest BCUT2D eigenvalue weighted by molar-refractivity contribution is 6.42. The SMILES string of the molecule is CN(CC(=O)O)C1CCCN(c2cnc3cc(Cl)c(Cl)cc3n2)CC1. The summed E-state index contributed by atoms with van der Waals surface area (Å²) in [5.74, 6) is 0.0203. The van der Waals surface area contributed by atoms with Gasteiger partial charge in [0.15, 0.2) is 0 Å². The van der Waals surface area contributed by atoms with Crippen molar-refractivity contribution < 1.29 is 9.90 Å². The first-order chi connectivity index (χ1) is 11.9. The summed E-state index contributed by atoms with van der Waals surface area (Å²) in [4.78, 5) is 24.1. The van der Waals surface area contributed by atoms with E-state index in [0.29, 0.717) is 15.6 Å². The van der Waals surface area contributed by atoms with Crippen LogP contribution in [0.2, 0.25) is 10.0 Å². The molecule has 1 aliphatic rings. The summed E-state index contributed by atoms with van der Waals surface area (Å²) in [6, 6.07) is 3.72. The van der Waals surface area contributed by atoms with E-state index in [9.17, 15) is 4.79 Å². The minimum Gasteiger partial charge on any atom is -0.480 e. The third-order valence-corrected chi connectivity index (χ3v) is 5.32. The van der Waals surface area contributed by atoms with E-state index in [1.807, 2.05) is 11.9 Å². The maximum Gasteiger partial charge on any atom is 0.317 e. The zero-order chi connectivity index (χ0) is 18.0. The van der Waals surface area contributed by atoms with Crippen molar-refractivity contribution in [2.75, 3.05) is 31.6 Å². The van der Waals surface area contributed by atoms with E-state index in [4.69, 9.17) is 28.3 Å². The van der Waals surface area contributed by atoms with Crippen LogP contribution in [0.3, 0.4) is 0 Å². The largest absolute Gasteiger partial charge is 0.480 e. The van der Waals surface area contributed by atoms with Gasteiger partial charge in [0.2, 0.25) is 0 Å². The van der Waals surface area contributed by atoms with Gasteiger partial charge < -0.3 is 10.0 Å². The van der Waals surface area contributed by atoms with Crippen LogP contribution in [0.1, 0.15) is 19.3 Å². The highest BCUT2D eigenvalue weighted by Gasteiger charge is 2.22. The van der Waals surface area contributed by atoms with E-state index in [0.717, 1.165) is 43.7 Å². The molecule has 1 N–H and O–H groups in total. The molecule has 25 heavy (non-hydrogen) atoms. The molecule has 1 aromatic carbocycles. The Morgan fingerprint density at radius 2 is 2.00 bits per heavy atom. The molecule has 0 radical (unpaired) electrons. The second kappa shape index (κ2) is 7.72. The lowest BCUT2D eigenvalue weighted by molar-refractivity contribution is -0.138. The Morgan fingerprint density at radius 1 is 1.28 bits per heavy atom. The number of fused-ring (bicyclic) bond motifs is 1. The van der Waals surface area contributed by atoms with E-state index >= 15 is 0 Å². The van der Waals surface area contributed by atoms with E-state index in [1.54, 1.807) is 18.3 Å². The summed E-state index contributed by atoms with van der Waals surface area (Å²) in [5, 5.41) is 9.90. The molecule has 0 amide bonds. The van der Waals surface area contributed by atoms with Gasteiger partial charge in [0.25, 0.3) is 0 Å². The fraction of sp³-hybridized carbons (Fsp3) is 0.471. The molecule has 134 valence electrons. The van der Waals surface area contributed by atoms with Crippen molar-refractivity contribution in [1.82, 2.24) is 14.9 Å². The lowest BCUT2D eigenvalue weighted by Gasteiger charge is -2.26. The van der Waals surface area contributed by atoms with Crippen LogP contribution in [0.15, 0.2) is 18.3 Å². The number of rotatable bonds is 4. The summed E-state index contributed by atoms with van der Waals surface area (Å²) in [5.41, 5.74) is 1.43. The number of carboxylic acids is 1. The number of carbonyl (C=O) groups is 1. The fourth-order valence-electron chi connectivity index (χ4n) is 3.24. The van der Waals surface area contributed by atoms with Crippen molar-refractivity contribution in [2.24, 2.45) is 0 Å². The molecule has 2 heterocycles. The molecular formula is C17H20Cl2N4O2. The number of hydrogen-bond donors (Lipinski definition) is 1. The van der Waals surface area contributed by atoms with E-state index in [-0.39, 0.29) is 12.6 Å². The molecule has 8 heteroatoms. The van der Waals surface area contributed by atoms with Crippen molar-refractivity contribution in [3.05, 3.63) is 28.4 Å². The average molecular weight is 383 g/mol. The Hall–Kier alpha value is -1.63. The van der Waals surface area contributed by atoms with Crippen LogP contribution in [-0.2, 0) is 4.79 Å². The number of benzene rings is 1. The number of nitrogens with zero attached hydrogens (tertiary/aromatic N) is 4. The molecule has 2 aromatic rings. The van der Waals surface area contributed by atoms with Crippen LogP contribution in [0.4, 0.5) is 5.82 Å². The van der Waals surface area contributed by atoms with Gasteiger partial charge in [0.1, 0.15) is 5.82 Å². The molecule has 1 aromatic heterocycles. The molecule has 1 saturated heterocycles. The number of aromatic nitrogens is 2. The molecule has 1 atom stereocenters. The lowest BCUT2D eigenvalue weighted by atomic mass is 10.1. The molecule has 6 nitrogen and oxygen atoms in total. The number of likely N-dealkylation sites (N-methyl/N-ethyl adjacent to an activating group) is 1. The minimum atomic E-state index is -0.792. The van der Waals surface area contributed by atoms with Gasteiger partial charge in [-0.2, -0.15) is 0 Å². The number of halogens is 2. The number of carboxylic acid groups (broad SMARTS) is 1. The van der Waals surface area contributed by atoms with E-state index in [2.05, 4.69) is 14.9 Å². The van der Waals surface area contributed by atoms with Gasteiger partial charge in [0, 0.05) is 19.1 Å². The molecule has 0 aliphatic carbocycles. The zero-order valence-corrected chi connectivity index (χ0v) is 15.5. The Bertz CT molecular complexity index is 787. The van der Waals surface area contributed by atoms with Crippen LogP contribution < -0.4 is 4.90 Å². The van der Waals surface area contributed by atoms with Crippen molar-refractivity contribution in [3.63, 3.8) is 0 Å². The van der Waals surface area contributed by atoms with Gasteiger partial charge in [-0.25, -0.2) is 4.98 Å². The number of hydrogen-bond acceptors (Lipinski definition) is 5. The van der Waals surface area contributed by atoms with Crippen LogP contribution in [0, 0.1) is 0 Å². The van der Waals surface area contributed by atoms with Gasteiger partial charge in [-0.3, -0.25) is 14.7 Å². The molecule has 0 spiro atoms. The molecule has 1 aliphatic heterocycles. The van der Waals surface area contributed by atoms with E-state index < -0.39 is 5.97 Å². The molecule has 0 saturated carbocycles. The predicted molar refractivity (Wildman–Crippen MR) is 99.7 cm³/mol. The van der Waals surface area contributed by atoms with Crippen LogP contribution >= 0.6 is 23.2 Å². The second-order valence-electron chi connectivity index (χ2n) is 6.36. The summed E-state index contributed by atoms with van der Waals surface area (Å²) < 4.78 is 0. The minimum absolute atomic E-state index is 0.0692. The van der Waals surface area contributed by atoms with Gasteiger partial charge in [0.05, 0.1) is 33.8 Å². The van der Waals surface area contributed by atoms with Gasteiger partial charge in [-0.1, -0.05) is 23.2 Å². The quantitative estimate of drug-likeness (QED) is 0.874. The molecule has 3 rings (SSSR count). The first kappa shape index (κ1) is 18.2. The van der Waals surface area contributed by atoms with Crippen LogP contribution in [0.25, 0.3) is 11.0 Å². The first-order valence-electron chi connectivity index (χ1n) is 8.23. The molecule has 1 fully saturated rings. The van der Waals surface area contributed by atoms with Crippen molar-refractivity contribution in [3.8, 4) is 0 Å². The van der Waals surface area contributed by atoms with Crippen molar-refractivity contribution in [1.29, 1.82) is 0 Å². The highest BCUT2D eigenvalue weighted by Crippen LogP contribution is 2.27. The third kappa shape index (κ3) is 4.32. The Balaban J connectivity index is 1.75. The smallest absolute Gasteiger partial charge is 0.317 e. The first-order valence-corrected chi connectivity index (χ1v) is 8.98. The standard InChI is InChI=1S/C17H20Cl2N4O2/c1-22(10-17(24)25)11-3-2-5-23(6-4-11)16-9-20-14-7-12(18)13(19)8-15(14)21-16/h7-9,11H,2-6,10H2,1H3,(H,24,25). The zero-order valence-electron chi connectivity index (χ0n) is 14.0. The van der Waals surface area contributed by atoms with Gasteiger partial charge >= 0.3 is 5.97 Å². The van der Waals surface area contributed by atoms with Crippen LogP contribution in [0.5, 0.6) is 0 Å². The summed E-state index contributed by atoms with van der Waals surface area (Å²) in [6.45, 7) is 1.76. The normalized spacial score (nSPS) is 18.6. The predicted octanol–water partition coefficient (Wildman–Crippen LogP) is 3.31. The fourth-order valence-corrected chi connectivity index (χ4v) is 3.56. The Labute approximate surface area is 156 Å². The molecule has 0 bridgehead atoms. The Kier molecular flexibility index (Phi) is 5.61. The average Bonchev–Trinajstić information content (AvgIpc) is 2.81. The third-order valence-electron chi connectivity index (χ3n) is 4.60. The summed E-state index contributed by atoms with van der Waals surface area (Å²) in [6.07, 6.45) is 4.61. The van der Waals surface area contributed by atoms with Crippen molar-refractivity contribution in [2.45, 2.75) is 25.3 Å².